The van der Waals surface area contributed by atoms with E-state index in [1.54, 1.807) is 18.0 Å². The second kappa shape index (κ2) is 7.01. The third kappa shape index (κ3) is 4.37. The summed E-state index contributed by atoms with van der Waals surface area (Å²) in [5, 5.41) is 3.02. The van der Waals surface area contributed by atoms with E-state index in [1.807, 2.05) is 39.1 Å². The molecule has 0 aliphatic rings. The lowest BCUT2D eigenvalue weighted by Crippen LogP contribution is -2.32. The average Bonchev–Trinajstić information content (AvgIpc) is 2.34. The van der Waals surface area contributed by atoms with Gasteiger partial charge in [-0.3, -0.25) is 4.79 Å². The fraction of sp³-hybridized carbons (Fsp3) is 0.500. The molecule has 1 N–H and O–H groups in total. The van der Waals surface area contributed by atoms with E-state index < -0.39 is 0 Å². The van der Waals surface area contributed by atoms with Gasteiger partial charge in [0, 0.05) is 25.7 Å². The van der Waals surface area contributed by atoms with Crippen LogP contribution in [0.3, 0.4) is 0 Å². The Hall–Kier alpha value is -1.55. The maximum absolute atomic E-state index is 12.1. The van der Waals surface area contributed by atoms with Crippen molar-refractivity contribution < 1.29 is 9.53 Å². The van der Waals surface area contributed by atoms with Crippen molar-refractivity contribution in [3.05, 3.63) is 29.8 Å². The van der Waals surface area contributed by atoms with Gasteiger partial charge in [0.25, 0.3) is 5.91 Å². The van der Waals surface area contributed by atoms with Crippen LogP contribution in [0.1, 0.15) is 24.2 Å². The van der Waals surface area contributed by atoms with Crippen LogP contribution >= 0.6 is 0 Å². The third-order valence-electron chi connectivity index (χ3n) is 2.50. The van der Waals surface area contributed by atoms with Gasteiger partial charge in [-0.1, -0.05) is 6.07 Å². The Kier molecular flexibility index (Phi) is 5.65. The van der Waals surface area contributed by atoms with E-state index in [0.29, 0.717) is 12.1 Å². The highest BCUT2D eigenvalue weighted by molar-refractivity contribution is 5.94. The van der Waals surface area contributed by atoms with Gasteiger partial charge in [0.1, 0.15) is 5.75 Å². The first-order valence-electron chi connectivity index (χ1n) is 6.21. The third-order valence-corrected chi connectivity index (χ3v) is 2.50. The minimum Gasteiger partial charge on any atom is -0.491 e. The number of benzene rings is 1. The quantitative estimate of drug-likeness (QED) is 0.836. The van der Waals surface area contributed by atoms with E-state index in [2.05, 4.69) is 5.32 Å². The predicted molar refractivity (Wildman–Crippen MR) is 73.1 cm³/mol. The van der Waals surface area contributed by atoms with Gasteiger partial charge in [-0.15, -0.1) is 0 Å². The number of carbonyl (C=O) groups is 1. The van der Waals surface area contributed by atoms with Crippen LogP contribution in [0, 0.1) is 0 Å². The zero-order valence-electron chi connectivity index (χ0n) is 11.6. The molecule has 0 radical (unpaired) electrons. The number of rotatable bonds is 6. The zero-order valence-corrected chi connectivity index (χ0v) is 11.6. The van der Waals surface area contributed by atoms with Gasteiger partial charge in [0.2, 0.25) is 0 Å². The number of carbonyl (C=O) groups excluding carboxylic acids is 1. The van der Waals surface area contributed by atoms with E-state index in [9.17, 15) is 4.79 Å². The van der Waals surface area contributed by atoms with Crippen molar-refractivity contribution in [2.24, 2.45) is 0 Å². The standard InChI is InChI=1S/C14H22N2O2/c1-11(2)18-13-7-5-6-12(10-13)14(17)16(4)9-8-15-3/h5-7,10-11,15H,8-9H2,1-4H3. The molecular weight excluding hydrogens is 228 g/mol. The lowest BCUT2D eigenvalue weighted by atomic mass is 10.2. The van der Waals surface area contributed by atoms with Crippen LogP contribution in [0.2, 0.25) is 0 Å². The summed E-state index contributed by atoms with van der Waals surface area (Å²) in [6.45, 7) is 5.40. The van der Waals surface area contributed by atoms with Gasteiger partial charge >= 0.3 is 0 Å². The highest BCUT2D eigenvalue weighted by atomic mass is 16.5. The summed E-state index contributed by atoms with van der Waals surface area (Å²) in [6, 6.07) is 7.31. The van der Waals surface area contributed by atoms with Crippen molar-refractivity contribution >= 4 is 5.91 Å². The molecule has 1 rings (SSSR count). The fourth-order valence-electron chi connectivity index (χ4n) is 1.58. The second-order valence-electron chi connectivity index (χ2n) is 4.52. The first kappa shape index (κ1) is 14.5. The number of hydrogen-bond acceptors (Lipinski definition) is 3. The largest absolute Gasteiger partial charge is 0.491 e. The smallest absolute Gasteiger partial charge is 0.253 e. The minimum atomic E-state index is 0.0134. The number of nitrogens with zero attached hydrogens (tertiary/aromatic N) is 1. The van der Waals surface area contributed by atoms with Crippen molar-refractivity contribution in [2.75, 3.05) is 27.2 Å². The highest BCUT2D eigenvalue weighted by Gasteiger charge is 2.12. The van der Waals surface area contributed by atoms with Crippen molar-refractivity contribution in [1.82, 2.24) is 10.2 Å². The fourth-order valence-corrected chi connectivity index (χ4v) is 1.58. The normalized spacial score (nSPS) is 10.5. The predicted octanol–water partition coefficient (Wildman–Crippen LogP) is 1.77. The zero-order chi connectivity index (χ0) is 13.5. The van der Waals surface area contributed by atoms with E-state index in [-0.39, 0.29) is 12.0 Å². The summed E-state index contributed by atoms with van der Waals surface area (Å²) in [5.74, 6) is 0.748. The molecule has 0 aromatic heterocycles. The maximum atomic E-state index is 12.1. The Morgan fingerprint density at radius 3 is 2.78 bits per heavy atom. The van der Waals surface area contributed by atoms with Gasteiger partial charge in [0.05, 0.1) is 6.10 Å². The van der Waals surface area contributed by atoms with Crippen LogP contribution in [0.4, 0.5) is 0 Å². The van der Waals surface area contributed by atoms with Crippen molar-refractivity contribution in [2.45, 2.75) is 20.0 Å². The number of nitrogens with one attached hydrogen (secondary N) is 1. The Balaban J connectivity index is 2.73. The topological polar surface area (TPSA) is 41.6 Å². The second-order valence-corrected chi connectivity index (χ2v) is 4.52. The number of hydrogen-bond donors (Lipinski definition) is 1. The molecule has 0 saturated heterocycles. The summed E-state index contributed by atoms with van der Waals surface area (Å²) >= 11 is 0. The van der Waals surface area contributed by atoms with Gasteiger partial charge in [-0.05, 0) is 39.1 Å². The van der Waals surface area contributed by atoms with E-state index in [1.165, 1.54) is 0 Å². The number of likely N-dealkylation sites (N-methyl/N-ethyl adjacent to an activating group) is 2. The Morgan fingerprint density at radius 1 is 1.44 bits per heavy atom. The first-order valence-corrected chi connectivity index (χ1v) is 6.21. The molecule has 100 valence electrons. The molecule has 1 aromatic carbocycles. The molecule has 4 heteroatoms. The molecule has 4 nitrogen and oxygen atoms in total. The van der Waals surface area contributed by atoms with Crippen LogP contribution in [0.15, 0.2) is 24.3 Å². The summed E-state index contributed by atoms with van der Waals surface area (Å²) in [4.78, 5) is 13.8. The summed E-state index contributed by atoms with van der Waals surface area (Å²) < 4.78 is 5.58. The lowest BCUT2D eigenvalue weighted by Gasteiger charge is -2.17. The molecule has 1 amide bonds. The van der Waals surface area contributed by atoms with Crippen molar-refractivity contribution in [1.29, 1.82) is 0 Å². The average molecular weight is 250 g/mol. The molecule has 0 aliphatic heterocycles. The Labute approximate surface area is 109 Å². The van der Waals surface area contributed by atoms with Crippen LogP contribution in [-0.2, 0) is 0 Å². The lowest BCUT2D eigenvalue weighted by molar-refractivity contribution is 0.0796. The first-order chi connectivity index (χ1) is 8.54. The van der Waals surface area contributed by atoms with Crippen LogP contribution in [0.5, 0.6) is 5.75 Å². The molecule has 18 heavy (non-hydrogen) atoms. The van der Waals surface area contributed by atoms with E-state index in [4.69, 9.17) is 4.74 Å². The highest BCUT2D eigenvalue weighted by Crippen LogP contribution is 2.16. The van der Waals surface area contributed by atoms with Crippen molar-refractivity contribution in [3.8, 4) is 5.75 Å². The van der Waals surface area contributed by atoms with Gasteiger partial charge < -0.3 is 15.0 Å². The molecule has 0 unspecified atom stereocenters. The van der Waals surface area contributed by atoms with Gasteiger partial charge in [-0.2, -0.15) is 0 Å². The minimum absolute atomic E-state index is 0.0134. The molecular formula is C14H22N2O2. The molecule has 0 spiro atoms. The molecule has 1 aromatic rings. The van der Waals surface area contributed by atoms with Gasteiger partial charge in [0.15, 0.2) is 0 Å². The molecule has 0 heterocycles. The van der Waals surface area contributed by atoms with Crippen LogP contribution < -0.4 is 10.1 Å². The molecule has 0 atom stereocenters. The molecule has 0 saturated carbocycles. The summed E-state index contributed by atoms with van der Waals surface area (Å²) in [6.07, 6.45) is 0.109. The van der Waals surface area contributed by atoms with Crippen molar-refractivity contribution in [3.63, 3.8) is 0 Å². The van der Waals surface area contributed by atoms with Crippen LogP contribution in [-0.4, -0.2) is 44.1 Å². The number of ether oxygens (including phenoxy) is 1. The Bertz CT molecular complexity index is 391. The Morgan fingerprint density at radius 2 is 2.17 bits per heavy atom. The molecule has 0 bridgehead atoms. The monoisotopic (exact) mass is 250 g/mol. The summed E-state index contributed by atoms with van der Waals surface area (Å²) in [7, 11) is 3.67. The summed E-state index contributed by atoms with van der Waals surface area (Å²) in [5.41, 5.74) is 0.659. The van der Waals surface area contributed by atoms with Gasteiger partial charge in [-0.25, -0.2) is 0 Å². The van der Waals surface area contributed by atoms with E-state index >= 15 is 0 Å². The molecule has 0 aliphatic carbocycles. The number of amides is 1. The SMILES string of the molecule is CNCCN(C)C(=O)c1cccc(OC(C)C)c1. The maximum Gasteiger partial charge on any atom is 0.253 e. The van der Waals surface area contributed by atoms with Crippen LogP contribution in [0.25, 0.3) is 0 Å². The molecule has 0 fully saturated rings. The van der Waals surface area contributed by atoms with E-state index in [0.717, 1.165) is 12.3 Å².